The second kappa shape index (κ2) is 10.6. The number of sulfonamides is 1. The molecule has 0 saturated heterocycles. The molecule has 2 aromatic carbocycles. The Kier molecular flexibility index (Phi) is 8.71. The van der Waals surface area contributed by atoms with Crippen molar-refractivity contribution in [2.45, 2.75) is 64.0 Å². The molecule has 1 unspecified atom stereocenters. The zero-order valence-electron chi connectivity index (χ0n) is 17.7. The van der Waals surface area contributed by atoms with Crippen LogP contribution in [0.3, 0.4) is 0 Å². The first-order valence-corrected chi connectivity index (χ1v) is 11.9. The summed E-state index contributed by atoms with van der Waals surface area (Å²) in [6, 6.07) is 14.2. The van der Waals surface area contributed by atoms with Crippen LogP contribution in [0.1, 0.15) is 45.2 Å². The van der Waals surface area contributed by atoms with Gasteiger partial charge in [0.25, 0.3) is 0 Å². The molecule has 1 N–H and O–H groups in total. The molecule has 160 valence electrons. The van der Waals surface area contributed by atoms with Crippen LogP contribution in [0.15, 0.2) is 53.4 Å². The van der Waals surface area contributed by atoms with Crippen LogP contribution in [0.4, 0.5) is 0 Å². The van der Waals surface area contributed by atoms with Gasteiger partial charge in [-0.2, -0.15) is 4.31 Å². The van der Waals surface area contributed by atoms with E-state index in [0.29, 0.717) is 17.4 Å². The number of aliphatic hydroxyl groups excluding tert-OH is 1. The monoisotopic (exact) mass is 437 g/mol. The predicted octanol–water partition coefficient (Wildman–Crippen LogP) is 4.93. The zero-order chi connectivity index (χ0) is 21.6. The van der Waals surface area contributed by atoms with Crippen LogP contribution in [0.25, 0.3) is 0 Å². The summed E-state index contributed by atoms with van der Waals surface area (Å²) in [5.41, 5.74) is 2.13. The quantitative estimate of drug-likeness (QED) is 0.573. The van der Waals surface area contributed by atoms with Crippen molar-refractivity contribution in [2.24, 2.45) is 5.92 Å². The highest BCUT2D eigenvalue weighted by Gasteiger charge is 2.30. The molecular formula is C23H32ClNO3S. The summed E-state index contributed by atoms with van der Waals surface area (Å²) in [5, 5.41) is 10.6. The molecule has 0 aliphatic heterocycles. The number of hydrogen-bond donors (Lipinski definition) is 1. The van der Waals surface area contributed by atoms with Gasteiger partial charge in [0.15, 0.2) is 0 Å². The van der Waals surface area contributed by atoms with Crippen molar-refractivity contribution in [3.8, 4) is 0 Å². The number of halogens is 1. The van der Waals surface area contributed by atoms with Crippen molar-refractivity contribution in [3.05, 3.63) is 64.7 Å². The van der Waals surface area contributed by atoms with E-state index in [0.717, 1.165) is 24.0 Å². The van der Waals surface area contributed by atoms with E-state index in [4.69, 9.17) is 11.6 Å². The summed E-state index contributed by atoms with van der Waals surface area (Å²) in [7, 11) is -3.72. The number of aliphatic hydroxyl groups is 1. The molecule has 0 aromatic heterocycles. The van der Waals surface area contributed by atoms with E-state index in [1.54, 1.807) is 31.2 Å². The van der Waals surface area contributed by atoms with Crippen molar-refractivity contribution < 1.29 is 13.5 Å². The van der Waals surface area contributed by atoms with E-state index in [2.05, 4.69) is 13.8 Å². The van der Waals surface area contributed by atoms with Gasteiger partial charge in [-0.15, -0.1) is 0 Å². The first-order chi connectivity index (χ1) is 13.6. The standard InChI is InChI=1S/C23H32ClNO3S/c1-17(2)5-6-20-9-13-23(14-10-20)29(27,28)25(16-19(4)26)18(3)15-21-7-11-22(24)12-8-21/h7-14,17-19,26H,5-6,15-16H2,1-4H3/t18?,19-/m1/s1. The summed E-state index contributed by atoms with van der Waals surface area (Å²) in [4.78, 5) is 0.259. The second-order valence-corrected chi connectivity index (χ2v) is 10.5. The molecule has 6 heteroatoms. The van der Waals surface area contributed by atoms with Gasteiger partial charge >= 0.3 is 0 Å². The van der Waals surface area contributed by atoms with Crippen molar-refractivity contribution >= 4 is 21.6 Å². The number of benzene rings is 2. The molecule has 0 saturated carbocycles. The Balaban J connectivity index is 2.23. The van der Waals surface area contributed by atoms with E-state index in [1.807, 2.05) is 31.2 Å². The summed E-state index contributed by atoms with van der Waals surface area (Å²) < 4.78 is 28.0. The van der Waals surface area contributed by atoms with Gasteiger partial charge in [-0.25, -0.2) is 8.42 Å². The lowest BCUT2D eigenvalue weighted by molar-refractivity contribution is 0.150. The van der Waals surface area contributed by atoms with Gasteiger partial charge in [-0.3, -0.25) is 0 Å². The molecule has 0 amide bonds. The number of rotatable bonds is 10. The molecular weight excluding hydrogens is 406 g/mol. The van der Waals surface area contributed by atoms with Crippen molar-refractivity contribution in [1.29, 1.82) is 0 Å². The third-order valence-corrected chi connectivity index (χ3v) is 7.17. The largest absolute Gasteiger partial charge is 0.392 e. The zero-order valence-corrected chi connectivity index (χ0v) is 19.2. The smallest absolute Gasteiger partial charge is 0.243 e. The van der Waals surface area contributed by atoms with Crippen LogP contribution in [0, 0.1) is 5.92 Å². The minimum atomic E-state index is -3.72. The van der Waals surface area contributed by atoms with Crippen LogP contribution >= 0.6 is 11.6 Å². The van der Waals surface area contributed by atoms with Gasteiger partial charge in [-0.05, 0) is 74.4 Å². The third kappa shape index (κ3) is 7.10. The summed E-state index contributed by atoms with van der Waals surface area (Å²) in [6.07, 6.45) is 1.78. The lowest BCUT2D eigenvalue weighted by Gasteiger charge is -2.29. The van der Waals surface area contributed by atoms with Gasteiger partial charge in [0.2, 0.25) is 10.0 Å². The molecule has 0 aliphatic rings. The Morgan fingerprint density at radius 2 is 1.48 bits per heavy atom. The number of aryl methyl sites for hydroxylation is 1. The van der Waals surface area contributed by atoms with Crippen molar-refractivity contribution in [3.63, 3.8) is 0 Å². The van der Waals surface area contributed by atoms with E-state index in [-0.39, 0.29) is 17.5 Å². The van der Waals surface area contributed by atoms with Crippen LogP contribution in [-0.2, 0) is 22.9 Å². The average Bonchev–Trinajstić information content (AvgIpc) is 2.66. The fourth-order valence-electron chi connectivity index (χ4n) is 3.26. The molecule has 0 bridgehead atoms. The Labute approximate surface area is 180 Å². The minimum Gasteiger partial charge on any atom is -0.392 e. The summed E-state index contributed by atoms with van der Waals surface area (Å²) in [6.45, 7) is 7.87. The van der Waals surface area contributed by atoms with E-state index in [9.17, 15) is 13.5 Å². The molecule has 2 aromatic rings. The van der Waals surface area contributed by atoms with Crippen molar-refractivity contribution in [1.82, 2.24) is 4.31 Å². The average molecular weight is 438 g/mol. The maximum absolute atomic E-state index is 13.3. The van der Waals surface area contributed by atoms with E-state index in [1.165, 1.54) is 4.31 Å². The molecule has 2 atom stereocenters. The van der Waals surface area contributed by atoms with Gasteiger partial charge < -0.3 is 5.11 Å². The SMILES string of the molecule is CC(C)CCc1ccc(S(=O)(=O)N(C[C@@H](C)O)C(C)Cc2ccc(Cl)cc2)cc1. The van der Waals surface area contributed by atoms with Gasteiger partial charge in [0.05, 0.1) is 11.0 Å². The number of hydrogen-bond acceptors (Lipinski definition) is 3. The second-order valence-electron chi connectivity index (χ2n) is 8.18. The highest BCUT2D eigenvalue weighted by molar-refractivity contribution is 7.89. The van der Waals surface area contributed by atoms with Crippen LogP contribution in [0.5, 0.6) is 0 Å². The van der Waals surface area contributed by atoms with Gasteiger partial charge in [0.1, 0.15) is 0 Å². The molecule has 0 spiro atoms. The van der Waals surface area contributed by atoms with Crippen molar-refractivity contribution in [2.75, 3.05) is 6.54 Å². The Morgan fingerprint density at radius 1 is 0.931 bits per heavy atom. The van der Waals surface area contributed by atoms with Gasteiger partial charge in [-0.1, -0.05) is 49.7 Å². The Bertz CT molecular complexity index is 862. The van der Waals surface area contributed by atoms with E-state index >= 15 is 0 Å². The highest BCUT2D eigenvalue weighted by atomic mass is 35.5. The van der Waals surface area contributed by atoms with E-state index < -0.39 is 16.1 Å². The van der Waals surface area contributed by atoms with Crippen LogP contribution in [-0.4, -0.2) is 36.5 Å². The first-order valence-electron chi connectivity index (χ1n) is 10.1. The predicted molar refractivity (Wildman–Crippen MR) is 120 cm³/mol. The van der Waals surface area contributed by atoms with Gasteiger partial charge in [0, 0.05) is 17.6 Å². The molecule has 0 heterocycles. The molecule has 29 heavy (non-hydrogen) atoms. The maximum atomic E-state index is 13.3. The van der Waals surface area contributed by atoms with Crippen LogP contribution < -0.4 is 0 Å². The third-order valence-electron chi connectivity index (χ3n) is 4.92. The normalized spacial score (nSPS) is 14.3. The summed E-state index contributed by atoms with van der Waals surface area (Å²) >= 11 is 5.95. The molecule has 0 fully saturated rings. The molecule has 4 nitrogen and oxygen atoms in total. The fraction of sp³-hybridized carbons (Fsp3) is 0.478. The minimum absolute atomic E-state index is 0.0478. The molecule has 0 aliphatic carbocycles. The lowest BCUT2D eigenvalue weighted by Crippen LogP contribution is -2.43. The highest BCUT2D eigenvalue weighted by Crippen LogP contribution is 2.22. The van der Waals surface area contributed by atoms with Crippen LogP contribution in [0.2, 0.25) is 5.02 Å². The fourth-order valence-corrected chi connectivity index (χ4v) is 5.09. The molecule has 0 radical (unpaired) electrons. The summed E-state index contributed by atoms with van der Waals surface area (Å²) in [5.74, 6) is 0.605. The molecule has 2 rings (SSSR count). The number of nitrogens with zero attached hydrogens (tertiary/aromatic N) is 1. The topological polar surface area (TPSA) is 57.6 Å². The maximum Gasteiger partial charge on any atom is 0.243 e. The Hall–Kier alpha value is -1.40. The first kappa shape index (κ1) is 23.9. The lowest BCUT2D eigenvalue weighted by atomic mass is 10.0. The Morgan fingerprint density at radius 3 is 2.00 bits per heavy atom.